The highest BCUT2D eigenvalue weighted by Gasteiger charge is 2.19. The van der Waals surface area contributed by atoms with Crippen LogP contribution < -0.4 is 5.32 Å². The molecule has 0 saturated carbocycles. The van der Waals surface area contributed by atoms with Gasteiger partial charge < -0.3 is 5.32 Å². The summed E-state index contributed by atoms with van der Waals surface area (Å²) < 4.78 is 3.26. The van der Waals surface area contributed by atoms with Crippen LogP contribution >= 0.6 is 57.5 Å². The fourth-order valence-corrected chi connectivity index (χ4v) is 5.33. The van der Waals surface area contributed by atoms with Crippen molar-refractivity contribution in [2.45, 2.75) is 13.8 Å². The van der Waals surface area contributed by atoms with Gasteiger partial charge >= 0.3 is 0 Å². The van der Waals surface area contributed by atoms with Gasteiger partial charge in [-0.15, -0.1) is 11.3 Å². The molecule has 4 rings (SSSR count). The minimum atomic E-state index is -0.361. The first-order valence-electron chi connectivity index (χ1n) is 7.72. The number of fused-ring (bicyclic) bond motifs is 1. The molecule has 0 atom stereocenters. The van der Waals surface area contributed by atoms with E-state index < -0.39 is 0 Å². The Hall–Kier alpha value is -1.64. The first-order valence-corrected chi connectivity index (χ1v) is 10.5. The number of hydrogen-bond donors (Lipinski definition) is 1. The summed E-state index contributed by atoms with van der Waals surface area (Å²) >= 11 is 20.9. The Balaban J connectivity index is 1.76. The molecule has 0 spiro atoms. The predicted octanol–water partition coefficient (Wildman–Crippen LogP) is 6.37. The van der Waals surface area contributed by atoms with Gasteiger partial charge in [0.1, 0.15) is 10.2 Å². The van der Waals surface area contributed by atoms with Gasteiger partial charge in [-0.1, -0.05) is 52.2 Å². The summed E-state index contributed by atoms with van der Waals surface area (Å²) in [4.78, 5) is 17.3. The van der Waals surface area contributed by atoms with E-state index in [1.54, 1.807) is 10.7 Å². The summed E-state index contributed by atoms with van der Waals surface area (Å²) in [7, 11) is 0. The number of aromatic nitrogens is 3. The highest BCUT2D eigenvalue weighted by Crippen LogP contribution is 2.35. The van der Waals surface area contributed by atoms with E-state index in [4.69, 9.17) is 34.8 Å². The number of hydrogen-bond acceptors (Lipinski definition) is 5. The van der Waals surface area contributed by atoms with Crippen LogP contribution in [0.5, 0.6) is 0 Å². The second-order valence-corrected chi connectivity index (χ2v) is 9.48. The number of nitrogens with one attached hydrogen (secondary N) is 1. The van der Waals surface area contributed by atoms with Crippen molar-refractivity contribution in [2.75, 3.05) is 5.32 Å². The molecule has 1 N–H and O–H groups in total. The molecule has 138 valence electrons. The molecule has 0 bridgehead atoms. The predicted molar refractivity (Wildman–Crippen MR) is 114 cm³/mol. The lowest BCUT2D eigenvalue weighted by Crippen LogP contribution is -2.14. The lowest BCUT2D eigenvalue weighted by atomic mass is 10.2. The highest BCUT2D eigenvalue weighted by molar-refractivity contribution is 7.21. The Morgan fingerprint density at radius 3 is 2.59 bits per heavy atom. The van der Waals surface area contributed by atoms with Crippen molar-refractivity contribution in [3.63, 3.8) is 0 Å². The first-order chi connectivity index (χ1) is 12.8. The van der Waals surface area contributed by atoms with Gasteiger partial charge in [0.05, 0.1) is 30.8 Å². The molecule has 0 aliphatic rings. The zero-order chi connectivity index (χ0) is 19.3. The zero-order valence-electron chi connectivity index (χ0n) is 14.0. The molecule has 1 amide bonds. The van der Waals surface area contributed by atoms with Crippen molar-refractivity contribution in [1.29, 1.82) is 0 Å². The zero-order valence-corrected chi connectivity index (χ0v) is 17.9. The minimum absolute atomic E-state index is 0.320. The maximum atomic E-state index is 12.6. The summed E-state index contributed by atoms with van der Waals surface area (Å²) in [6, 6.07) is 7.08. The summed E-state index contributed by atoms with van der Waals surface area (Å²) in [5.41, 5.74) is 2.90. The molecule has 10 heteroatoms. The van der Waals surface area contributed by atoms with Gasteiger partial charge in [-0.05, 0) is 31.5 Å². The molecule has 0 fully saturated rings. The fourth-order valence-electron chi connectivity index (χ4n) is 2.59. The number of halogens is 3. The molecule has 1 aromatic carbocycles. The third kappa shape index (κ3) is 3.46. The fraction of sp³-hybridized carbons (Fsp3) is 0.118. The first kappa shape index (κ1) is 18.7. The molecule has 4 aromatic rings. The smallest absolute Gasteiger partial charge is 0.259 e. The summed E-state index contributed by atoms with van der Waals surface area (Å²) in [5.74, 6) is 0.128. The van der Waals surface area contributed by atoms with E-state index >= 15 is 0 Å². The van der Waals surface area contributed by atoms with Crippen LogP contribution in [0.3, 0.4) is 0 Å². The van der Waals surface area contributed by atoms with Gasteiger partial charge in [-0.3, -0.25) is 4.79 Å². The van der Waals surface area contributed by atoms with Crippen LogP contribution in [0.15, 0.2) is 24.3 Å². The van der Waals surface area contributed by atoms with Crippen molar-refractivity contribution in [1.82, 2.24) is 14.8 Å². The van der Waals surface area contributed by atoms with Crippen molar-refractivity contribution in [3.8, 4) is 5.13 Å². The molecule has 27 heavy (non-hydrogen) atoms. The highest BCUT2D eigenvalue weighted by atomic mass is 35.5. The Morgan fingerprint density at radius 2 is 1.93 bits per heavy atom. The summed E-state index contributed by atoms with van der Waals surface area (Å²) in [6.45, 7) is 3.81. The quantitative estimate of drug-likeness (QED) is 0.388. The number of rotatable bonds is 3. The Bertz CT molecular complexity index is 1160. The monoisotopic (exact) mass is 456 g/mol. The van der Waals surface area contributed by atoms with Gasteiger partial charge in [0.15, 0.2) is 0 Å². The Labute approximate surface area is 177 Å². The normalized spacial score (nSPS) is 11.3. The standard InChI is InChI=1S/C17H11Cl3N4OS2/c1-7-3-4-10(18)14-13(7)22-17(27-14)24-12(5-8(2)23-24)21-16(25)9-6-11(19)26-15(9)20/h3-6H,1-2H3,(H,21,25). The van der Waals surface area contributed by atoms with E-state index in [9.17, 15) is 4.79 Å². The summed E-state index contributed by atoms with van der Waals surface area (Å²) in [6.07, 6.45) is 0. The van der Waals surface area contributed by atoms with Crippen LogP contribution in [0.1, 0.15) is 21.6 Å². The largest absolute Gasteiger partial charge is 0.306 e. The molecule has 0 unspecified atom stereocenters. The second-order valence-electron chi connectivity index (χ2n) is 5.81. The Kier molecular flexibility index (Phi) is 4.90. The van der Waals surface area contributed by atoms with E-state index in [-0.39, 0.29) is 5.91 Å². The van der Waals surface area contributed by atoms with Crippen LogP contribution in [0.25, 0.3) is 15.3 Å². The molecular formula is C17H11Cl3N4OS2. The molecule has 0 radical (unpaired) electrons. The number of aryl methyl sites for hydroxylation is 2. The van der Waals surface area contributed by atoms with E-state index in [0.717, 1.165) is 32.8 Å². The van der Waals surface area contributed by atoms with Gasteiger partial charge in [0.2, 0.25) is 5.13 Å². The third-order valence-corrected chi connectivity index (χ3v) is 6.82. The van der Waals surface area contributed by atoms with Crippen molar-refractivity contribution in [2.24, 2.45) is 0 Å². The van der Waals surface area contributed by atoms with Crippen molar-refractivity contribution < 1.29 is 4.79 Å². The minimum Gasteiger partial charge on any atom is -0.306 e. The summed E-state index contributed by atoms with van der Waals surface area (Å²) in [5, 5.41) is 8.54. The number of thiophene rings is 1. The molecule has 5 nitrogen and oxygen atoms in total. The van der Waals surface area contributed by atoms with Crippen molar-refractivity contribution >= 4 is 79.4 Å². The molecule has 0 aliphatic carbocycles. The van der Waals surface area contributed by atoms with Crippen molar-refractivity contribution in [3.05, 3.63) is 54.8 Å². The lowest BCUT2D eigenvalue weighted by Gasteiger charge is -2.05. The number of carbonyl (C=O) groups is 1. The van der Waals surface area contributed by atoms with Crippen LogP contribution in [0.2, 0.25) is 13.7 Å². The molecule has 3 heterocycles. The van der Waals surface area contributed by atoms with Gasteiger partial charge in [-0.25, -0.2) is 4.98 Å². The average Bonchev–Trinajstić information content (AvgIpc) is 3.28. The van der Waals surface area contributed by atoms with Gasteiger partial charge in [-0.2, -0.15) is 9.78 Å². The van der Waals surface area contributed by atoms with Crippen LogP contribution in [-0.2, 0) is 0 Å². The Morgan fingerprint density at radius 1 is 1.15 bits per heavy atom. The maximum Gasteiger partial charge on any atom is 0.259 e. The SMILES string of the molecule is Cc1cc(NC(=O)c2cc(Cl)sc2Cl)n(-c2nc3c(C)ccc(Cl)c3s2)n1. The number of anilines is 1. The van der Waals surface area contributed by atoms with Crippen LogP contribution in [0.4, 0.5) is 5.82 Å². The van der Waals surface area contributed by atoms with E-state index in [0.29, 0.717) is 30.2 Å². The van der Waals surface area contributed by atoms with E-state index in [1.165, 1.54) is 17.4 Å². The molecule has 0 saturated heterocycles. The lowest BCUT2D eigenvalue weighted by molar-refractivity contribution is 0.102. The number of nitrogens with zero attached hydrogens (tertiary/aromatic N) is 3. The van der Waals surface area contributed by atoms with Gasteiger partial charge in [0, 0.05) is 6.07 Å². The maximum absolute atomic E-state index is 12.6. The molecule has 3 aromatic heterocycles. The second kappa shape index (κ2) is 7.07. The third-order valence-electron chi connectivity index (χ3n) is 3.84. The topological polar surface area (TPSA) is 59.8 Å². The number of benzene rings is 1. The van der Waals surface area contributed by atoms with Gasteiger partial charge in [0.25, 0.3) is 5.91 Å². The number of thiazole rings is 1. The molecular weight excluding hydrogens is 447 g/mol. The van der Waals surface area contributed by atoms with Crippen LogP contribution in [0, 0.1) is 13.8 Å². The number of amides is 1. The van der Waals surface area contributed by atoms with E-state index in [2.05, 4.69) is 15.4 Å². The van der Waals surface area contributed by atoms with E-state index in [1.807, 2.05) is 26.0 Å². The number of carbonyl (C=O) groups excluding carboxylic acids is 1. The van der Waals surface area contributed by atoms with Crippen LogP contribution in [-0.4, -0.2) is 20.7 Å². The average molecular weight is 458 g/mol. The molecule has 0 aliphatic heterocycles.